The number of carbonyl (C=O) groups is 1. The first-order valence-corrected chi connectivity index (χ1v) is 7.79. The second kappa shape index (κ2) is 7.85. The maximum Gasteiger partial charge on any atom is 0.315 e. The van der Waals surface area contributed by atoms with Gasteiger partial charge in [-0.1, -0.05) is 17.7 Å². The van der Waals surface area contributed by atoms with Gasteiger partial charge in [0.2, 0.25) is 0 Å². The van der Waals surface area contributed by atoms with Gasteiger partial charge in [0.1, 0.15) is 5.82 Å². The monoisotopic (exact) mass is 324 g/mol. The van der Waals surface area contributed by atoms with Crippen LogP contribution in [0.1, 0.15) is 17.8 Å². The van der Waals surface area contributed by atoms with Gasteiger partial charge < -0.3 is 16.0 Å². The largest absolute Gasteiger partial charge is 0.368 e. The normalized spacial score (nSPS) is 11.7. The van der Waals surface area contributed by atoms with Crippen LogP contribution in [-0.2, 0) is 0 Å². The lowest BCUT2D eigenvalue weighted by molar-refractivity contribution is 0.238. The van der Waals surface area contributed by atoms with E-state index in [-0.39, 0.29) is 12.1 Å². The van der Waals surface area contributed by atoms with Crippen molar-refractivity contribution in [3.8, 4) is 0 Å². The number of hydrogen-bond acceptors (Lipinski definition) is 4. The Kier molecular flexibility index (Phi) is 5.83. The van der Waals surface area contributed by atoms with Crippen LogP contribution in [-0.4, -0.2) is 24.1 Å². The molecule has 0 aliphatic carbocycles. The molecule has 5 nitrogen and oxygen atoms in total. The molecule has 1 atom stereocenters. The van der Waals surface area contributed by atoms with E-state index in [1.807, 2.05) is 37.3 Å². The minimum atomic E-state index is -0.199. The van der Waals surface area contributed by atoms with Crippen molar-refractivity contribution in [2.75, 3.05) is 18.4 Å². The predicted molar refractivity (Wildman–Crippen MR) is 87.0 cm³/mol. The zero-order valence-corrected chi connectivity index (χ0v) is 13.2. The maximum atomic E-state index is 11.8. The molecule has 0 radical (unpaired) electrons. The molecule has 0 bridgehead atoms. The number of nitrogens with zero attached hydrogens (tertiary/aromatic N) is 1. The number of aromatic nitrogens is 1. The Morgan fingerprint density at radius 1 is 1.33 bits per heavy atom. The van der Waals surface area contributed by atoms with Crippen LogP contribution in [0.3, 0.4) is 0 Å². The van der Waals surface area contributed by atoms with E-state index < -0.39 is 0 Å². The lowest BCUT2D eigenvalue weighted by Gasteiger charge is -2.13. The van der Waals surface area contributed by atoms with Gasteiger partial charge in [-0.3, -0.25) is 0 Å². The van der Waals surface area contributed by atoms with Crippen LogP contribution in [0.5, 0.6) is 0 Å². The zero-order chi connectivity index (χ0) is 15.1. The fourth-order valence-electron chi connectivity index (χ4n) is 1.71. The molecule has 0 saturated heterocycles. The van der Waals surface area contributed by atoms with Crippen LogP contribution < -0.4 is 16.0 Å². The molecule has 21 heavy (non-hydrogen) atoms. The molecule has 0 fully saturated rings. The summed E-state index contributed by atoms with van der Waals surface area (Å²) in [5.74, 6) is 0.793. The van der Waals surface area contributed by atoms with Crippen molar-refractivity contribution in [1.29, 1.82) is 0 Å². The van der Waals surface area contributed by atoms with Crippen LogP contribution in [0, 0.1) is 0 Å². The van der Waals surface area contributed by atoms with Gasteiger partial charge >= 0.3 is 6.03 Å². The smallest absolute Gasteiger partial charge is 0.315 e. The van der Waals surface area contributed by atoms with Crippen molar-refractivity contribution < 1.29 is 4.79 Å². The molecule has 0 aromatic carbocycles. The average Bonchev–Trinajstić information content (AvgIpc) is 2.91. The minimum Gasteiger partial charge on any atom is -0.368 e. The Bertz CT molecular complexity index is 575. The molecule has 0 aliphatic heterocycles. The molecular weight excluding hydrogens is 308 g/mol. The molecule has 7 heteroatoms. The molecule has 2 aromatic rings. The summed E-state index contributed by atoms with van der Waals surface area (Å²) in [6.45, 7) is 3.05. The van der Waals surface area contributed by atoms with E-state index in [1.54, 1.807) is 6.20 Å². The van der Waals surface area contributed by atoms with Gasteiger partial charge in [0, 0.05) is 24.2 Å². The molecule has 0 spiro atoms. The molecule has 0 saturated carbocycles. The molecule has 2 aromatic heterocycles. The zero-order valence-electron chi connectivity index (χ0n) is 11.6. The third-order valence-electron chi connectivity index (χ3n) is 2.75. The molecule has 112 valence electrons. The highest BCUT2D eigenvalue weighted by molar-refractivity contribution is 7.16. The minimum absolute atomic E-state index is 0.0637. The van der Waals surface area contributed by atoms with Crippen molar-refractivity contribution >= 4 is 34.8 Å². The summed E-state index contributed by atoms with van der Waals surface area (Å²) in [7, 11) is 0. The van der Waals surface area contributed by atoms with Gasteiger partial charge in [0.05, 0.1) is 10.4 Å². The number of anilines is 1. The van der Waals surface area contributed by atoms with Gasteiger partial charge in [-0.15, -0.1) is 11.3 Å². The summed E-state index contributed by atoms with van der Waals surface area (Å²) in [5, 5.41) is 8.78. The van der Waals surface area contributed by atoms with Crippen molar-refractivity contribution in [2.45, 2.75) is 13.0 Å². The van der Waals surface area contributed by atoms with Crippen molar-refractivity contribution in [3.63, 3.8) is 0 Å². The van der Waals surface area contributed by atoms with E-state index in [0.717, 1.165) is 15.0 Å². The van der Waals surface area contributed by atoms with Gasteiger partial charge in [-0.25, -0.2) is 9.78 Å². The first-order valence-electron chi connectivity index (χ1n) is 6.59. The molecular formula is C14H17ClN4OS. The predicted octanol–water partition coefficient (Wildman–Crippen LogP) is 3.27. The van der Waals surface area contributed by atoms with Crippen LogP contribution in [0.15, 0.2) is 36.5 Å². The Balaban J connectivity index is 1.65. The SMILES string of the molecule is C[C@@H](NC(=O)NCCNc1ccccn1)c1ccc(Cl)s1. The summed E-state index contributed by atoms with van der Waals surface area (Å²) in [5.41, 5.74) is 0. The van der Waals surface area contributed by atoms with E-state index in [4.69, 9.17) is 11.6 Å². The maximum absolute atomic E-state index is 11.8. The van der Waals surface area contributed by atoms with Crippen molar-refractivity contribution in [1.82, 2.24) is 15.6 Å². The fourth-order valence-corrected chi connectivity index (χ4v) is 2.78. The fraction of sp³-hybridized carbons (Fsp3) is 0.286. The van der Waals surface area contributed by atoms with Gasteiger partial charge in [0.15, 0.2) is 0 Å². The summed E-state index contributed by atoms with van der Waals surface area (Å²) in [6.07, 6.45) is 1.72. The number of urea groups is 1. The third kappa shape index (κ3) is 5.24. The lowest BCUT2D eigenvalue weighted by atomic mass is 10.3. The molecule has 2 heterocycles. The number of halogens is 1. The Hall–Kier alpha value is -1.79. The molecule has 0 aliphatic rings. The van der Waals surface area contributed by atoms with Crippen LogP contribution in [0.2, 0.25) is 4.34 Å². The Morgan fingerprint density at radius 3 is 2.86 bits per heavy atom. The highest BCUT2D eigenvalue weighted by Gasteiger charge is 2.10. The first kappa shape index (κ1) is 15.6. The van der Waals surface area contributed by atoms with Gasteiger partial charge in [0.25, 0.3) is 0 Å². The molecule has 2 rings (SSSR count). The number of amides is 2. The molecule has 0 unspecified atom stereocenters. The standard InChI is InChI=1S/C14H17ClN4OS/c1-10(11-5-6-12(15)21-11)19-14(20)18-9-8-17-13-4-2-3-7-16-13/h2-7,10H,8-9H2,1H3,(H,16,17)(H2,18,19,20)/t10-/m1/s1. The second-order valence-corrected chi connectivity index (χ2v) is 6.15. The van der Waals surface area contributed by atoms with E-state index in [0.29, 0.717) is 13.1 Å². The van der Waals surface area contributed by atoms with Crippen molar-refractivity contribution in [3.05, 3.63) is 45.7 Å². The summed E-state index contributed by atoms with van der Waals surface area (Å²) >= 11 is 7.34. The summed E-state index contributed by atoms with van der Waals surface area (Å²) in [4.78, 5) is 16.9. The highest BCUT2D eigenvalue weighted by atomic mass is 35.5. The van der Waals surface area contributed by atoms with Gasteiger partial charge in [-0.05, 0) is 31.2 Å². The number of thiophene rings is 1. The van der Waals surface area contributed by atoms with Crippen molar-refractivity contribution in [2.24, 2.45) is 0 Å². The molecule has 2 amide bonds. The van der Waals surface area contributed by atoms with Crippen LogP contribution in [0.25, 0.3) is 0 Å². The second-order valence-electron chi connectivity index (χ2n) is 4.41. The number of pyridine rings is 1. The Morgan fingerprint density at radius 2 is 2.19 bits per heavy atom. The number of nitrogens with one attached hydrogen (secondary N) is 3. The Labute approximate surface area is 132 Å². The highest BCUT2D eigenvalue weighted by Crippen LogP contribution is 2.26. The van der Waals surface area contributed by atoms with E-state index >= 15 is 0 Å². The van der Waals surface area contributed by atoms with Crippen LogP contribution >= 0.6 is 22.9 Å². The van der Waals surface area contributed by atoms with Crippen LogP contribution in [0.4, 0.5) is 10.6 Å². The topological polar surface area (TPSA) is 66.1 Å². The first-order chi connectivity index (χ1) is 10.1. The number of carbonyl (C=O) groups excluding carboxylic acids is 1. The molecule has 3 N–H and O–H groups in total. The van der Waals surface area contributed by atoms with E-state index in [2.05, 4.69) is 20.9 Å². The number of rotatable bonds is 6. The summed E-state index contributed by atoms with van der Waals surface area (Å²) in [6, 6.07) is 9.12. The number of hydrogen-bond donors (Lipinski definition) is 3. The third-order valence-corrected chi connectivity index (χ3v) is 4.16. The van der Waals surface area contributed by atoms with E-state index in [1.165, 1.54) is 11.3 Å². The lowest BCUT2D eigenvalue weighted by Crippen LogP contribution is -2.39. The summed E-state index contributed by atoms with van der Waals surface area (Å²) < 4.78 is 0.721. The quantitative estimate of drug-likeness (QED) is 0.714. The van der Waals surface area contributed by atoms with E-state index in [9.17, 15) is 4.79 Å². The average molecular weight is 325 g/mol. The van der Waals surface area contributed by atoms with Gasteiger partial charge in [-0.2, -0.15) is 0 Å².